The molecule has 0 bridgehead atoms. The molecule has 0 fully saturated rings. The van der Waals surface area contributed by atoms with Crippen molar-refractivity contribution in [2.75, 3.05) is 6.61 Å². The van der Waals surface area contributed by atoms with Crippen LogP contribution in [-0.4, -0.2) is 34.4 Å². The van der Waals surface area contributed by atoms with E-state index in [2.05, 4.69) is 10.3 Å². The fourth-order valence-electron chi connectivity index (χ4n) is 1.47. The summed E-state index contributed by atoms with van der Waals surface area (Å²) in [4.78, 5) is 15.2. The van der Waals surface area contributed by atoms with Crippen molar-refractivity contribution in [2.45, 2.75) is 38.8 Å². The summed E-state index contributed by atoms with van der Waals surface area (Å²) in [6, 6.07) is 0.904. The number of carbonyl (C=O) groups is 1. The number of alkyl carbamates (subject to hydrolysis) is 1. The van der Waals surface area contributed by atoms with Crippen LogP contribution in [0.2, 0.25) is 0 Å². The standard InChI is InChI=1S/C13H19FN2O3/c1-13(2,3)19-12(18)16-10(8-17)6-9-4-5-15-7-11(9)14/h4-5,7,10,17H,6,8H2,1-3H3,(H,16,18)/t10-/m0/s1. The van der Waals surface area contributed by atoms with Crippen LogP contribution >= 0.6 is 0 Å². The van der Waals surface area contributed by atoms with Gasteiger partial charge in [0.25, 0.3) is 0 Å². The van der Waals surface area contributed by atoms with Crippen molar-refractivity contribution in [3.8, 4) is 0 Å². The third-order valence-electron chi connectivity index (χ3n) is 2.26. The molecule has 0 aliphatic heterocycles. The third kappa shape index (κ3) is 5.65. The highest BCUT2D eigenvalue weighted by Crippen LogP contribution is 2.10. The van der Waals surface area contributed by atoms with Gasteiger partial charge >= 0.3 is 6.09 Å². The number of nitrogens with zero attached hydrogens (tertiary/aromatic N) is 1. The monoisotopic (exact) mass is 270 g/mol. The number of halogens is 1. The Bertz CT molecular complexity index is 432. The number of rotatable bonds is 4. The maximum atomic E-state index is 13.4. The van der Waals surface area contributed by atoms with Gasteiger partial charge in [0.1, 0.15) is 11.4 Å². The zero-order chi connectivity index (χ0) is 14.5. The number of aromatic nitrogens is 1. The highest BCUT2D eigenvalue weighted by molar-refractivity contribution is 5.68. The molecule has 0 spiro atoms. The van der Waals surface area contributed by atoms with Crippen molar-refractivity contribution >= 4 is 6.09 Å². The third-order valence-corrected chi connectivity index (χ3v) is 2.26. The number of nitrogens with one attached hydrogen (secondary N) is 1. The average Bonchev–Trinajstić information content (AvgIpc) is 2.28. The summed E-state index contributed by atoms with van der Waals surface area (Å²) >= 11 is 0. The van der Waals surface area contributed by atoms with E-state index >= 15 is 0 Å². The summed E-state index contributed by atoms with van der Waals surface area (Å²) in [6.07, 6.45) is 2.09. The molecular formula is C13H19FN2O3. The van der Waals surface area contributed by atoms with E-state index in [9.17, 15) is 14.3 Å². The van der Waals surface area contributed by atoms with Crippen molar-refractivity contribution in [3.05, 3.63) is 29.8 Å². The maximum absolute atomic E-state index is 13.4. The van der Waals surface area contributed by atoms with Crippen molar-refractivity contribution in [3.63, 3.8) is 0 Å². The van der Waals surface area contributed by atoms with Crippen molar-refractivity contribution < 1.29 is 19.0 Å². The van der Waals surface area contributed by atoms with Gasteiger partial charge in [-0.1, -0.05) is 0 Å². The predicted molar refractivity (Wildman–Crippen MR) is 68.1 cm³/mol. The van der Waals surface area contributed by atoms with E-state index in [0.717, 1.165) is 6.20 Å². The molecule has 0 radical (unpaired) electrons. The molecule has 1 heterocycles. The first-order chi connectivity index (χ1) is 8.81. The van der Waals surface area contributed by atoms with Gasteiger partial charge in [0.05, 0.1) is 18.8 Å². The summed E-state index contributed by atoms with van der Waals surface area (Å²) in [7, 11) is 0. The summed E-state index contributed by atoms with van der Waals surface area (Å²) in [5.74, 6) is -0.466. The minimum Gasteiger partial charge on any atom is -0.444 e. The van der Waals surface area contributed by atoms with E-state index in [-0.39, 0.29) is 13.0 Å². The number of hydrogen-bond acceptors (Lipinski definition) is 4. The zero-order valence-electron chi connectivity index (χ0n) is 11.3. The molecule has 0 saturated heterocycles. The number of ether oxygens (including phenoxy) is 1. The van der Waals surface area contributed by atoms with Crippen LogP contribution in [0, 0.1) is 5.82 Å². The highest BCUT2D eigenvalue weighted by Gasteiger charge is 2.20. The van der Waals surface area contributed by atoms with Gasteiger partial charge in [0.2, 0.25) is 0 Å². The molecule has 0 aliphatic carbocycles. The zero-order valence-corrected chi connectivity index (χ0v) is 11.3. The summed E-state index contributed by atoms with van der Waals surface area (Å²) in [5.41, 5.74) is -0.239. The molecule has 106 valence electrons. The molecule has 1 aromatic rings. The molecule has 0 unspecified atom stereocenters. The minimum absolute atomic E-state index is 0.171. The van der Waals surface area contributed by atoms with Gasteiger partial charge in [-0.25, -0.2) is 9.18 Å². The van der Waals surface area contributed by atoms with E-state index in [1.807, 2.05) is 0 Å². The highest BCUT2D eigenvalue weighted by atomic mass is 19.1. The number of aliphatic hydroxyl groups excluding tert-OH is 1. The Labute approximate surface area is 111 Å². The van der Waals surface area contributed by atoms with E-state index < -0.39 is 23.6 Å². The molecule has 2 N–H and O–H groups in total. The molecule has 0 aliphatic rings. The van der Waals surface area contributed by atoms with E-state index in [0.29, 0.717) is 5.56 Å². The first-order valence-electron chi connectivity index (χ1n) is 6.00. The number of hydrogen-bond donors (Lipinski definition) is 2. The van der Waals surface area contributed by atoms with Crippen LogP contribution in [0.3, 0.4) is 0 Å². The Hall–Kier alpha value is -1.69. The molecule has 1 rings (SSSR count). The van der Waals surface area contributed by atoms with E-state index in [4.69, 9.17) is 4.74 Å². The largest absolute Gasteiger partial charge is 0.444 e. The fraction of sp³-hybridized carbons (Fsp3) is 0.538. The SMILES string of the molecule is CC(C)(C)OC(=O)N[C@H](CO)Cc1ccncc1F. The van der Waals surface area contributed by atoms with Crippen LogP contribution in [0.1, 0.15) is 26.3 Å². The van der Waals surface area contributed by atoms with Crippen LogP contribution in [0.25, 0.3) is 0 Å². The average molecular weight is 270 g/mol. The Morgan fingerprint density at radius 1 is 1.58 bits per heavy atom. The first-order valence-corrected chi connectivity index (χ1v) is 6.00. The Morgan fingerprint density at radius 2 is 2.26 bits per heavy atom. The fourth-order valence-corrected chi connectivity index (χ4v) is 1.47. The first kappa shape index (κ1) is 15.4. The van der Waals surface area contributed by atoms with E-state index in [1.165, 1.54) is 12.3 Å². The van der Waals surface area contributed by atoms with Gasteiger partial charge in [0.15, 0.2) is 0 Å². The topological polar surface area (TPSA) is 71.5 Å². The van der Waals surface area contributed by atoms with Crippen LogP contribution in [0.5, 0.6) is 0 Å². The summed E-state index contributed by atoms with van der Waals surface area (Å²) in [6.45, 7) is 4.91. The Morgan fingerprint density at radius 3 is 2.79 bits per heavy atom. The molecule has 6 heteroatoms. The number of amides is 1. The maximum Gasteiger partial charge on any atom is 0.407 e. The van der Waals surface area contributed by atoms with Gasteiger partial charge in [-0.05, 0) is 38.8 Å². The number of carbonyl (C=O) groups excluding carboxylic acids is 1. The lowest BCUT2D eigenvalue weighted by Gasteiger charge is -2.22. The summed E-state index contributed by atoms with van der Waals surface area (Å²) < 4.78 is 18.5. The van der Waals surface area contributed by atoms with Gasteiger partial charge < -0.3 is 15.2 Å². The predicted octanol–water partition coefficient (Wildman–Crippen LogP) is 1.65. The minimum atomic E-state index is -0.638. The smallest absolute Gasteiger partial charge is 0.407 e. The molecule has 1 amide bonds. The van der Waals surface area contributed by atoms with Gasteiger partial charge in [-0.3, -0.25) is 4.98 Å². The van der Waals surface area contributed by atoms with Gasteiger partial charge in [-0.2, -0.15) is 0 Å². The van der Waals surface area contributed by atoms with Gasteiger partial charge in [-0.15, -0.1) is 0 Å². The molecule has 1 aromatic heterocycles. The van der Waals surface area contributed by atoms with Crippen LogP contribution in [0.15, 0.2) is 18.5 Å². The van der Waals surface area contributed by atoms with Crippen molar-refractivity contribution in [2.24, 2.45) is 0 Å². The molecule has 0 aromatic carbocycles. The molecule has 0 saturated carbocycles. The Kier molecular flexibility index (Phi) is 5.23. The van der Waals surface area contributed by atoms with Gasteiger partial charge in [0, 0.05) is 6.20 Å². The van der Waals surface area contributed by atoms with Crippen LogP contribution in [-0.2, 0) is 11.2 Å². The number of pyridine rings is 1. The summed E-state index contributed by atoms with van der Waals surface area (Å²) in [5, 5.41) is 11.7. The molecule has 5 nitrogen and oxygen atoms in total. The van der Waals surface area contributed by atoms with Crippen molar-refractivity contribution in [1.82, 2.24) is 10.3 Å². The van der Waals surface area contributed by atoms with E-state index in [1.54, 1.807) is 20.8 Å². The van der Waals surface area contributed by atoms with Crippen molar-refractivity contribution in [1.29, 1.82) is 0 Å². The molecule has 1 atom stereocenters. The second-order valence-electron chi connectivity index (χ2n) is 5.20. The quantitative estimate of drug-likeness (QED) is 0.872. The second kappa shape index (κ2) is 6.47. The number of aliphatic hydroxyl groups is 1. The van der Waals surface area contributed by atoms with Crippen LogP contribution in [0.4, 0.5) is 9.18 Å². The lowest BCUT2D eigenvalue weighted by atomic mass is 10.1. The second-order valence-corrected chi connectivity index (χ2v) is 5.20. The molecular weight excluding hydrogens is 251 g/mol. The Balaban J connectivity index is 2.60. The van der Waals surface area contributed by atoms with Crippen LogP contribution < -0.4 is 5.32 Å². The lowest BCUT2D eigenvalue weighted by molar-refractivity contribution is 0.0482. The normalized spacial score (nSPS) is 12.9. The molecule has 19 heavy (non-hydrogen) atoms. The lowest BCUT2D eigenvalue weighted by Crippen LogP contribution is -2.42.